The second-order valence-corrected chi connectivity index (χ2v) is 5.93. The van der Waals surface area contributed by atoms with Crippen LogP contribution in [0.15, 0.2) is 0 Å². The standard InChI is InChI=1S/C14H25N5/c1-3-7-19-14(13(15)10(2)17-19)16-11-6-8-18(9-11)12-4-5-12/h11-12,16H,3-9,15H2,1-2H3. The van der Waals surface area contributed by atoms with Gasteiger partial charge in [0, 0.05) is 31.7 Å². The number of aromatic nitrogens is 2. The van der Waals surface area contributed by atoms with Crippen LogP contribution in [0.4, 0.5) is 11.5 Å². The maximum Gasteiger partial charge on any atom is 0.148 e. The van der Waals surface area contributed by atoms with E-state index in [1.807, 2.05) is 11.6 Å². The molecule has 19 heavy (non-hydrogen) atoms. The van der Waals surface area contributed by atoms with E-state index >= 15 is 0 Å². The molecule has 5 heteroatoms. The molecule has 1 aliphatic carbocycles. The Bertz CT molecular complexity index is 449. The molecule has 1 aliphatic heterocycles. The van der Waals surface area contributed by atoms with Gasteiger partial charge in [-0.05, 0) is 32.6 Å². The van der Waals surface area contributed by atoms with Crippen molar-refractivity contribution in [2.24, 2.45) is 0 Å². The summed E-state index contributed by atoms with van der Waals surface area (Å²) in [6, 6.07) is 1.39. The first-order valence-corrected chi connectivity index (χ1v) is 7.52. The molecule has 0 spiro atoms. The van der Waals surface area contributed by atoms with Gasteiger partial charge >= 0.3 is 0 Å². The van der Waals surface area contributed by atoms with Crippen molar-refractivity contribution in [2.75, 3.05) is 24.1 Å². The SMILES string of the molecule is CCCn1nc(C)c(N)c1NC1CCN(C2CC2)C1. The molecule has 1 unspecified atom stereocenters. The van der Waals surface area contributed by atoms with Crippen LogP contribution in [0, 0.1) is 6.92 Å². The molecule has 1 atom stereocenters. The average molecular weight is 263 g/mol. The van der Waals surface area contributed by atoms with E-state index in [1.54, 1.807) is 0 Å². The molecule has 5 nitrogen and oxygen atoms in total. The van der Waals surface area contributed by atoms with Gasteiger partial charge in [0.1, 0.15) is 5.82 Å². The zero-order valence-electron chi connectivity index (χ0n) is 12.0. The van der Waals surface area contributed by atoms with Crippen LogP contribution in [0.3, 0.4) is 0 Å². The molecule has 1 saturated carbocycles. The lowest BCUT2D eigenvalue weighted by atomic mass is 10.2. The van der Waals surface area contributed by atoms with E-state index in [0.717, 1.165) is 42.8 Å². The number of nitrogens with two attached hydrogens (primary N) is 1. The van der Waals surface area contributed by atoms with Crippen LogP contribution in [0.25, 0.3) is 0 Å². The highest BCUT2D eigenvalue weighted by atomic mass is 15.4. The van der Waals surface area contributed by atoms with Crippen LogP contribution in [0.1, 0.15) is 38.3 Å². The van der Waals surface area contributed by atoms with Crippen molar-refractivity contribution in [1.82, 2.24) is 14.7 Å². The van der Waals surface area contributed by atoms with Crippen molar-refractivity contribution in [3.8, 4) is 0 Å². The van der Waals surface area contributed by atoms with Crippen molar-refractivity contribution in [3.05, 3.63) is 5.69 Å². The van der Waals surface area contributed by atoms with Crippen LogP contribution in [0.5, 0.6) is 0 Å². The molecule has 0 aromatic carbocycles. The first-order valence-electron chi connectivity index (χ1n) is 7.52. The Balaban J connectivity index is 1.68. The van der Waals surface area contributed by atoms with E-state index in [2.05, 4.69) is 22.2 Å². The zero-order valence-corrected chi connectivity index (χ0v) is 12.0. The maximum absolute atomic E-state index is 6.16. The van der Waals surface area contributed by atoms with Crippen molar-refractivity contribution < 1.29 is 0 Å². The number of rotatable bonds is 5. The lowest BCUT2D eigenvalue weighted by Crippen LogP contribution is -2.28. The van der Waals surface area contributed by atoms with Gasteiger partial charge < -0.3 is 11.1 Å². The minimum Gasteiger partial charge on any atom is -0.394 e. The van der Waals surface area contributed by atoms with Gasteiger partial charge in [-0.2, -0.15) is 5.10 Å². The lowest BCUT2D eigenvalue weighted by molar-refractivity contribution is 0.326. The van der Waals surface area contributed by atoms with Crippen LogP contribution >= 0.6 is 0 Å². The van der Waals surface area contributed by atoms with E-state index < -0.39 is 0 Å². The number of anilines is 2. The van der Waals surface area contributed by atoms with Crippen molar-refractivity contribution in [2.45, 2.75) is 58.2 Å². The molecule has 2 heterocycles. The molecule has 2 aliphatic rings. The van der Waals surface area contributed by atoms with Gasteiger partial charge in [-0.15, -0.1) is 0 Å². The van der Waals surface area contributed by atoms with Gasteiger partial charge in [0.05, 0.1) is 11.4 Å². The highest BCUT2D eigenvalue weighted by Gasteiger charge is 2.34. The Morgan fingerprint density at radius 2 is 2.16 bits per heavy atom. The fraction of sp³-hybridized carbons (Fsp3) is 0.786. The number of nitrogen functional groups attached to an aromatic ring is 1. The molecule has 2 fully saturated rings. The first-order chi connectivity index (χ1) is 9.19. The monoisotopic (exact) mass is 263 g/mol. The van der Waals surface area contributed by atoms with Gasteiger partial charge in [0.25, 0.3) is 0 Å². The maximum atomic E-state index is 6.16. The average Bonchev–Trinajstić information content (AvgIpc) is 3.09. The van der Waals surface area contributed by atoms with Crippen LogP contribution in [-0.4, -0.2) is 39.9 Å². The molecule has 0 radical (unpaired) electrons. The van der Waals surface area contributed by atoms with Crippen molar-refractivity contribution >= 4 is 11.5 Å². The molecule has 3 rings (SSSR count). The number of aryl methyl sites for hydroxylation is 2. The molecule has 106 valence electrons. The summed E-state index contributed by atoms with van der Waals surface area (Å²) >= 11 is 0. The fourth-order valence-corrected chi connectivity index (χ4v) is 2.99. The molecule has 3 N–H and O–H groups in total. The van der Waals surface area contributed by atoms with Crippen molar-refractivity contribution in [3.63, 3.8) is 0 Å². The Morgan fingerprint density at radius 1 is 1.37 bits per heavy atom. The summed E-state index contributed by atoms with van der Waals surface area (Å²) in [5, 5.41) is 8.15. The Kier molecular flexibility index (Phi) is 3.39. The minimum absolute atomic E-state index is 0.523. The molecule has 1 aromatic heterocycles. The second-order valence-electron chi connectivity index (χ2n) is 5.93. The molecular weight excluding hydrogens is 238 g/mol. The van der Waals surface area contributed by atoms with Gasteiger partial charge in [0.2, 0.25) is 0 Å². The Labute approximate surface area is 115 Å². The topological polar surface area (TPSA) is 59.1 Å². The van der Waals surface area contributed by atoms with Gasteiger partial charge in [-0.25, -0.2) is 4.68 Å². The third-order valence-corrected chi connectivity index (χ3v) is 4.23. The van der Waals surface area contributed by atoms with Gasteiger partial charge in [-0.1, -0.05) is 6.92 Å². The largest absolute Gasteiger partial charge is 0.394 e. The van der Waals surface area contributed by atoms with E-state index in [-0.39, 0.29) is 0 Å². The number of likely N-dealkylation sites (tertiary alicyclic amines) is 1. The summed E-state index contributed by atoms with van der Waals surface area (Å²) in [4.78, 5) is 2.61. The van der Waals surface area contributed by atoms with Crippen LogP contribution in [-0.2, 0) is 6.54 Å². The summed E-state index contributed by atoms with van der Waals surface area (Å²) in [6.07, 6.45) is 5.07. The predicted octanol–water partition coefficient (Wildman–Crippen LogP) is 1.83. The summed E-state index contributed by atoms with van der Waals surface area (Å²) in [5.74, 6) is 1.03. The fourth-order valence-electron chi connectivity index (χ4n) is 2.99. The molecule has 0 amide bonds. The molecular formula is C14H25N5. The summed E-state index contributed by atoms with van der Waals surface area (Å²) in [7, 11) is 0. The minimum atomic E-state index is 0.523. The summed E-state index contributed by atoms with van der Waals surface area (Å²) in [5.41, 5.74) is 7.91. The Morgan fingerprint density at radius 3 is 2.84 bits per heavy atom. The van der Waals surface area contributed by atoms with Gasteiger partial charge in [-0.3, -0.25) is 4.90 Å². The van der Waals surface area contributed by atoms with Crippen LogP contribution < -0.4 is 11.1 Å². The van der Waals surface area contributed by atoms with Gasteiger partial charge in [0.15, 0.2) is 0 Å². The molecule has 0 bridgehead atoms. The number of hydrogen-bond acceptors (Lipinski definition) is 4. The predicted molar refractivity (Wildman–Crippen MR) is 78.3 cm³/mol. The van der Waals surface area contributed by atoms with Crippen molar-refractivity contribution in [1.29, 1.82) is 0 Å². The summed E-state index contributed by atoms with van der Waals surface area (Å²) < 4.78 is 2.03. The normalized spacial score (nSPS) is 24.0. The third-order valence-electron chi connectivity index (χ3n) is 4.23. The van der Waals surface area contributed by atoms with E-state index in [9.17, 15) is 0 Å². The number of hydrogen-bond donors (Lipinski definition) is 2. The van der Waals surface area contributed by atoms with E-state index in [1.165, 1.54) is 25.8 Å². The number of nitrogens with zero attached hydrogens (tertiary/aromatic N) is 3. The van der Waals surface area contributed by atoms with E-state index in [0.29, 0.717) is 6.04 Å². The van der Waals surface area contributed by atoms with E-state index in [4.69, 9.17) is 5.73 Å². The Hall–Kier alpha value is -1.23. The summed E-state index contributed by atoms with van der Waals surface area (Å²) in [6.45, 7) is 7.46. The lowest BCUT2D eigenvalue weighted by Gasteiger charge is -2.17. The highest BCUT2D eigenvalue weighted by molar-refractivity contribution is 5.65. The third kappa shape index (κ3) is 2.56. The number of nitrogens with one attached hydrogen (secondary N) is 1. The highest BCUT2D eigenvalue weighted by Crippen LogP contribution is 2.31. The molecule has 1 saturated heterocycles. The quantitative estimate of drug-likeness (QED) is 0.851. The first kappa shape index (κ1) is 12.8. The zero-order chi connectivity index (χ0) is 13.4. The smallest absolute Gasteiger partial charge is 0.148 e. The van der Waals surface area contributed by atoms with Crippen LogP contribution in [0.2, 0.25) is 0 Å². The molecule has 1 aromatic rings. The second kappa shape index (κ2) is 5.04.